The Balaban J connectivity index is 3.67. The fourth-order valence-corrected chi connectivity index (χ4v) is 1.42. The maximum Gasteiger partial charge on any atom is 0.0610 e. The minimum atomic E-state index is -0.0504. The predicted molar refractivity (Wildman–Crippen MR) is 57.9 cm³/mol. The van der Waals surface area contributed by atoms with Gasteiger partial charge < -0.3 is 10.4 Å². The molecular weight excluding hydrogens is 162 g/mol. The third kappa shape index (κ3) is 6.05. The lowest BCUT2D eigenvalue weighted by Crippen LogP contribution is -2.45. The van der Waals surface area contributed by atoms with Gasteiger partial charge >= 0.3 is 0 Å². The van der Waals surface area contributed by atoms with Crippen molar-refractivity contribution in [2.24, 2.45) is 0 Å². The van der Waals surface area contributed by atoms with Crippen molar-refractivity contribution >= 4 is 0 Å². The van der Waals surface area contributed by atoms with Crippen LogP contribution in [0.5, 0.6) is 0 Å². The summed E-state index contributed by atoms with van der Waals surface area (Å²) in [6.07, 6.45) is 5.93. The number of aliphatic hydroxyl groups is 1. The van der Waals surface area contributed by atoms with Gasteiger partial charge in [0.1, 0.15) is 0 Å². The molecule has 0 aromatic carbocycles. The first-order valence-corrected chi connectivity index (χ1v) is 5.54. The van der Waals surface area contributed by atoms with Gasteiger partial charge in [-0.25, -0.2) is 0 Å². The van der Waals surface area contributed by atoms with E-state index >= 15 is 0 Å². The summed E-state index contributed by atoms with van der Waals surface area (Å²) in [4.78, 5) is 0. The molecule has 0 rings (SSSR count). The molecular formula is C11H25NO. The molecule has 2 nitrogen and oxygen atoms in total. The Kier molecular flexibility index (Phi) is 7.29. The first-order chi connectivity index (χ1) is 6.18. The molecule has 0 saturated carbocycles. The lowest BCUT2D eigenvalue weighted by atomic mass is 9.95. The predicted octanol–water partition coefficient (Wildman–Crippen LogP) is 2.32. The van der Waals surface area contributed by atoms with Crippen LogP contribution in [0.4, 0.5) is 0 Å². The molecule has 0 aliphatic rings. The molecule has 80 valence electrons. The standard InChI is InChI=1S/C11H25NO/c1-4-6-7-8-11(3,10-13)12-9-5-2/h12-13H,4-10H2,1-3H3. The molecule has 0 spiro atoms. The van der Waals surface area contributed by atoms with Gasteiger partial charge in [0.05, 0.1) is 6.61 Å². The van der Waals surface area contributed by atoms with Gasteiger partial charge in [-0.05, 0) is 26.3 Å². The number of aliphatic hydroxyl groups excluding tert-OH is 1. The molecule has 0 heterocycles. The van der Waals surface area contributed by atoms with E-state index in [2.05, 4.69) is 26.1 Å². The van der Waals surface area contributed by atoms with E-state index in [1.807, 2.05) is 0 Å². The van der Waals surface area contributed by atoms with Crippen LogP contribution in [0.3, 0.4) is 0 Å². The average Bonchev–Trinajstić information content (AvgIpc) is 2.15. The molecule has 0 aromatic rings. The van der Waals surface area contributed by atoms with Gasteiger partial charge in [-0.1, -0.05) is 33.1 Å². The van der Waals surface area contributed by atoms with Crippen LogP contribution in [-0.2, 0) is 0 Å². The minimum Gasteiger partial charge on any atom is -0.394 e. The maximum absolute atomic E-state index is 9.25. The van der Waals surface area contributed by atoms with Crippen molar-refractivity contribution < 1.29 is 5.11 Å². The second-order valence-corrected chi connectivity index (χ2v) is 4.10. The Morgan fingerprint density at radius 2 is 1.85 bits per heavy atom. The van der Waals surface area contributed by atoms with Crippen molar-refractivity contribution in [2.45, 2.75) is 58.4 Å². The zero-order chi connectivity index (χ0) is 10.2. The normalized spacial score (nSPS) is 15.7. The summed E-state index contributed by atoms with van der Waals surface area (Å²) in [7, 11) is 0. The van der Waals surface area contributed by atoms with Gasteiger partial charge in [0.25, 0.3) is 0 Å². The molecule has 0 aromatic heterocycles. The number of nitrogens with one attached hydrogen (secondary N) is 1. The zero-order valence-electron chi connectivity index (χ0n) is 9.40. The Hall–Kier alpha value is -0.0800. The molecule has 1 atom stereocenters. The lowest BCUT2D eigenvalue weighted by Gasteiger charge is -2.28. The van der Waals surface area contributed by atoms with Crippen molar-refractivity contribution in [3.05, 3.63) is 0 Å². The minimum absolute atomic E-state index is 0.0504. The van der Waals surface area contributed by atoms with Crippen LogP contribution in [0.2, 0.25) is 0 Å². The molecule has 13 heavy (non-hydrogen) atoms. The van der Waals surface area contributed by atoms with Crippen LogP contribution < -0.4 is 5.32 Å². The van der Waals surface area contributed by atoms with Crippen LogP contribution in [0.25, 0.3) is 0 Å². The van der Waals surface area contributed by atoms with Crippen molar-refractivity contribution in [1.29, 1.82) is 0 Å². The van der Waals surface area contributed by atoms with Crippen molar-refractivity contribution in [3.63, 3.8) is 0 Å². The molecule has 0 bridgehead atoms. The summed E-state index contributed by atoms with van der Waals surface area (Å²) in [5, 5.41) is 12.7. The Morgan fingerprint density at radius 1 is 1.15 bits per heavy atom. The van der Waals surface area contributed by atoms with E-state index in [0.29, 0.717) is 0 Å². The highest BCUT2D eigenvalue weighted by atomic mass is 16.3. The van der Waals surface area contributed by atoms with E-state index in [1.165, 1.54) is 19.3 Å². The first kappa shape index (κ1) is 12.9. The van der Waals surface area contributed by atoms with Crippen LogP contribution in [0, 0.1) is 0 Å². The lowest BCUT2D eigenvalue weighted by molar-refractivity contribution is 0.163. The molecule has 2 N–H and O–H groups in total. The monoisotopic (exact) mass is 187 g/mol. The van der Waals surface area contributed by atoms with E-state index in [1.54, 1.807) is 0 Å². The summed E-state index contributed by atoms with van der Waals surface area (Å²) in [5.74, 6) is 0. The highest BCUT2D eigenvalue weighted by Crippen LogP contribution is 2.13. The van der Waals surface area contributed by atoms with Crippen LogP contribution in [-0.4, -0.2) is 23.8 Å². The van der Waals surface area contributed by atoms with Gasteiger partial charge in [0.2, 0.25) is 0 Å². The molecule has 0 aliphatic carbocycles. The van der Waals surface area contributed by atoms with Crippen LogP contribution >= 0.6 is 0 Å². The maximum atomic E-state index is 9.25. The number of hydrogen-bond donors (Lipinski definition) is 2. The Morgan fingerprint density at radius 3 is 2.31 bits per heavy atom. The first-order valence-electron chi connectivity index (χ1n) is 5.54. The Bertz CT molecular complexity index is 117. The van der Waals surface area contributed by atoms with Crippen LogP contribution in [0.1, 0.15) is 52.9 Å². The van der Waals surface area contributed by atoms with Crippen LogP contribution in [0.15, 0.2) is 0 Å². The van der Waals surface area contributed by atoms with Gasteiger partial charge in [0.15, 0.2) is 0 Å². The van der Waals surface area contributed by atoms with E-state index < -0.39 is 0 Å². The molecule has 0 radical (unpaired) electrons. The molecule has 0 aliphatic heterocycles. The van der Waals surface area contributed by atoms with E-state index in [-0.39, 0.29) is 12.1 Å². The average molecular weight is 187 g/mol. The SMILES string of the molecule is CCCCCC(C)(CO)NCCC. The highest BCUT2D eigenvalue weighted by Gasteiger charge is 2.20. The third-order valence-corrected chi connectivity index (χ3v) is 2.48. The molecule has 1 unspecified atom stereocenters. The van der Waals surface area contributed by atoms with Crippen molar-refractivity contribution in [3.8, 4) is 0 Å². The molecule has 0 amide bonds. The Labute approximate surface area is 82.7 Å². The highest BCUT2D eigenvalue weighted by molar-refractivity contribution is 4.81. The van der Waals surface area contributed by atoms with Crippen molar-refractivity contribution in [2.75, 3.05) is 13.2 Å². The summed E-state index contributed by atoms with van der Waals surface area (Å²) in [6.45, 7) is 7.71. The van der Waals surface area contributed by atoms with E-state index in [9.17, 15) is 5.11 Å². The summed E-state index contributed by atoms with van der Waals surface area (Å²) in [5.41, 5.74) is -0.0504. The van der Waals surface area contributed by atoms with Gasteiger partial charge in [-0.15, -0.1) is 0 Å². The molecule has 2 heteroatoms. The van der Waals surface area contributed by atoms with Crippen molar-refractivity contribution in [1.82, 2.24) is 5.32 Å². The summed E-state index contributed by atoms with van der Waals surface area (Å²) < 4.78 is 0. The smallest absolute Gasteiger partial charge is 0.0610 e. The zero-order valence-corrected chi connectivity index (χ0v) is 9.40. The largest absolute Gasteiger partial charge is 0.394 e. The van der Waals surface area contributed by atoms with Gasteiger partial charge in [-0.2, -0.15) is 0 Å². The molecule has 0 saturated heterocycles. The quantitative estimate of drug-likeness (QED) is 0.572. The topological polar surface area (TPSA) is 32.3 Å². The number of unbranched alkanes of at least 4 members (excludes halogenated alkanes) is 2. The fraction of sp³-hybridized carbons (Fsp3) is 1.00. The second-order valence-electron chi connectivity index (χ2n) is 4.10. The summed E-state index contributed by atoms with van der Waals surface area (Å²) >= 11 is 0. The van der Waals surface area contributed by atoms with E-state index in [0.717, 1.165) is 19.4 Å². The number of hydrogen-bond acceptors (Lipinski definition) is 2. The van der Waals surface area contributed by atoms with E-state index in [4.69, 9.17) is 0 Å². The number of rotatable bonds is 8. The fourth-order valence-electron chi connectivity index (χ4n) is 1.42. The van der Waals surface area contributed by atoms with Gasteiger partial charge in [0, 0.05) is 5.54 Å². The second kappa shape index (κ2) is 7.34. The molecule has 0 fully saturated rings. The third-order valence-electron chi connectivity index (χ3n) is 2.48. The van der Waals surface area contributed by atoms with Gasteiger partial charge in [-0.3, -0.25) is 0 Å². The summed E-state index contributed by atoms with van der Waals surface area (Å²) in [6, 6.07) is 0.